The second-order valence-electron chi connectivity index (χ2n) is 4.49. The molecule has 0 aliphatic carbocycles. The monoisotopic (exact) mass is 249 g/mol. The maximum atomic E-state index is 11.7. The Labute approximate surface area is 105 Å². The molecular weight excluding hydrogens is 234 g/mol. The highest BCUT2D eigenvalue weighted by atomic mass is 16.5. The van der Waals surface area contributed by atoms with Gasteiger partial charge in [0.15, 0.2) is 0 Å². The molecule has 5 nitrogen and oxygen atoms in total. The summed E-state index contributed by atoms with van der Waals surface area (Å²) in [4.78, 5) is 23.1. The number of esters is 1. The van der Waals surface area contributed by atoms with E-state index in [4.69, 9.17) is 9.15 Å². The van der Waals surface area contributed by atoms with Crippen molar-refractivity contribution in [3.05, 3.63) is 29.7 Å². The molecule has 0 aromatic carbocycles. The molecule has 1 N–H and O–H groups in total. The second-order valence-corrected chi connectivity index (χ2v) is 4.49. The normalized spacial score (nSPS) is 23.3. The van der Waals surface area contributed by atoms with E-state index in [1.165, 1.54) is 6.08 Å². The van der Waals surface area contributed by atoms with Crippen LogP contribution in [0.15, 0.2) is 22.6 Å². The Kier molecular flexibility index (Phi) is 3.23. The lowest BCUT2D eigenvalue weighted by atomic mass is 10.0. The maximum absolute atomic E-state index is 11.7. The minimum absolute atomic E-state index is 0.342. The summed E-state index contributed by atoms with van der Waals surface area (Å²) in [6.45, 7) is 3.83. The smallest absolute Gasteiger partial charge is 0.331 e. The molecule has 1 atom stereocenters. The molecule has 0 saturated carbocycles. The van der Waals surface area contributed by atoms with Crippen LogP contribution in [0.5, 0.6) is 0 Å². The fraction of sp³-hybridized carbons (Fsp3) is 0.385. The number of ether oxygens (including phenoxy) is 1. The van der Waals surface area contributed by atoms with Crippen molar-refractivity contribution in [2.24, 2.45) is 0 Å². The summed E-state index contributed by atoms with van der Waals surface area (Å²) in [5, 5.41) is 2.64. The van der Waals surface area contributed by atoms with Crippen LogP contribution < -0.4 is 5.32 Å². The third-order valence-corrected chi connectivity index (χ3v) is 2.84. The molecule has 1 aromatic rings. The zero-order chi connectivity index (χ0) is 13.2. The number of amides is 1. The van der Waals surface area contributed by atoms with Crippen LogP contribution in [0, 0.1) is 6.92 Å². The molecule has 1 saturated heterocycles. The van der Waals surface area contributed by atoms with Gasteiger partial charge in [-0.25, -0.2) is 4.79 Å². The molecule has 2 heterocycles. The molecule has 0 bridgehead atoms. The van der Waals surface area contributed by atoms with E-state index in [-0.39, 0.29) is 5.91 Å². The first-order valence-electron chi connectivity index (χ1n) is 5.73. The molecule has 1 aliphatic heterocycles. The number of aryl methyl sites for hydroxylation is 1. The predicted octanol–water partition coefficient (Wildman–Crippen LogP) is 1.42. The molecule has 96 valence electrons. The van der Waals surface area contributed by atoms with E-state index >= 15 is 0 Å². The third-order valence-electron chi connectivity index (χ3n) is 2.84. The molecule has 1 aromatic heterocycles. The Bertz CT molecular complexity index is 503. The van der Waals surface area contributed by atoms with E-state index in [0.29, 0.717) is 18.8 Å². The number of hydrogen-bond donors (Lipinski definition) is 1. The van der Waals surface area contributed by atoms with Gasteiger partial charge >= 0.3 is 5.97 Å². The summed E-state index contributed by atoms with van der Waals surface area (Å²) in [7, 11) is 0. The van der Waals surface area contributed by atoms with Crippen LogP contribution in [0.3, 0.4) is 0 Å². The van der Waals surface area contributed by atoms with Crippen LogP contribution in [-0.2, 0) is 14.3 Å². The summed E-state index contributed by atoms with van der Waals surface area (Å²) in [5.74, 6) is 0.645. The molecule has 0 radical (unpaired) electrons. The zero-order valence-electron chi connectivity index (χ0n) is 10.4. The van der Waals surface area contributed by atoms with Crippen LogP contribution in [0.25, 0.3) is 6.08 Å². The SMILES string of the molecule is Cc1ccc(/C=C/C(=O)NC2(C)CCOC2=O)o1. The first kappa shape index (κ1) is 12.4. The van der Waals surface area contributed by atoms with Crippen molar-refractivity contribution in [2.75, 3.05) is 6.61 Å². The highest BCUT2D eigenvalue weighted by Crippen LogP contribution is 2.19. The largest absolute Gasteiger partial charge is 0.464 e. The van der Waals surface area contributed by atoms with Crippen LogP contribution in [0.2, 0.25) is 0 Å². The van der Waals surface area contributed by atoms with E-state index in [1.807, 2.05) is 13.0 Å². The van der Waals surface area contributed by atoms with Gasteiger partial charge in [-0.1, -0.05) is 0 Å². The standard InChI is InChI=1S/C13H15NO4/c1-9-3-4-10(18-9)5-6-11(15)14-13(2)7-8-17-12(13)16/h3-6H,7-8H2,1-2H3,(H,14,15)/b6-5+. The van der Waals surface area contributed by atoms with Crippen molar-refractivity contribution < 1.29 is 18.7 Å². The Morgan fingerprint density at radius 2 is 2.28 bits per heavy atom. The highest BCUT2D eigenvalue weighted by molar-refractivity contribution is 5.96. The van der Waals surface area contributed by atoms with Gasteiger partial charge in [0, 0.05) is 12.5 Å². The fourth-order valence-corrected chi connectivity index (χ4v) is 1.74. The summed E-state index contributed by atoms with van der Waals surface area (Å²) in [6, 6.07) is 3.58. The van der Waals surface area contributed by atoms with Gasteiger partial charge in [-0.15, -0.1) is 0 Å². The summed E-state index contributed by atoms with van der Waals surface area (Å²) >= 11 is 0. The predicted molar refractivity (Wildman–Crippen MR) is 64.6 cm³/mol. The summed E-state index contributed by atoms with van der Waals surface area (Å²) in [5.41, 5.74) is -0.916. The van der Waals surface area contributed by atoms with E-state index in [2.05, 4.69) is 5.32 Å². The van der Waals surface area contributed by atoms with Gasteiger partial charge < -0.3 is 14.5 Å². The topological polar surface area (TPSA) is 68.5 Å². The lowest BCUT2D eigenvalue weighted by Crippen LogP contribution is -2.48. The first-order chi connectivity index (χ1) is 8.49. The Morgan fingerprint density at radius 1 is 1.50 bits per heavy atom. The minimum atomic E-state index is -0.916. The average molecular weight is 249 g/mol. The van der Waals surface area contributed by atoms with E-state index < -0.39 is 11.5 Å². The zero-order valence-corrected chi connectivity index (χ0v) is 10.4. The van der Waals surface area contributed by atoms with Gasteiger partial charge in [0.2, 0.25) is 5.91 Å². The number of furan rings is 1. The lowest BCUT2D eigenvalue weighted by molar-refractivity contribution is -0.144. The van der Waals surface area contributed by atoms with Crippen LogP contribution in [0.1, 0.15) is 24.9 Å². The highest BCUT2D eigenvalue weighted by Gasteiger charge is 2.40. The molecular formula is C13H15NO4. The quantitative estimate of drug-likeness (QED) is 0.649. The number of nitrogens with one attached hydrogen (secondary N) is 1. The lowest BCUT2D eigenvalue weighted by Gasteiger charge is -2.19. The van der Waals surface area contributed by atoms with Crippen molar-refractivity contribution in [3.63, 3.8) is 0 Å². The number of cyclic esters (lactones) is 1. The van der Waals surface area contributed by atoms with Crippen molar-refractivity contribution in [3.8, 4) is 0 Å². The van der Waals surface area contributed by atoms with Crippen molar-refractivity contribution in [2.45, 2.75) is 25.8 Å². The average Bonchev–Trinajstić information content (AvgIpc) is 2.84. The van der Waals surface area contributed by atoms with Gasteiger partial charge in [0.1, 0.15) is 17.1 Å². The Morgan fingerprint density at radius 3 is 2.83 bits per heavy atom. The van der Waals surface area contributed by atoms with Gasteiger partial charge in [-0.3, -0.25) is 4.79 Å². The molecule has 2 rings (SSSR count). The molecule has 1 amide bonds. The fourth-order valence-electron chi connectivity index (χ4n) is 1.74. The maximum Gasteiger partial charge on any atom is 0.331 e. The van der Waals surface area contributed by atoms with Crippen molar-refractivity contribution in [1.82, 2.24) is 5.32 Å². The Balaban J connectivity index is 1.97. The number of rotatable bonds is 3. The second kappa shape index (κ2) is 4.68. The van der Waals surface area contributed by atoms with Crippen LogP contribution in [-0.4, -0.2) is 24.0 Å². The first-order valence-corrected chi connectivity index (χ1v) is 5.73. The minimum Gasteiger partial charge on any atom is -0.464 e. The summed E-state index contributed by atoms with van der Waals surface area (Å²) in [6.07, 6.45) is 3.40. The summed E-state index contributed by atoms with van der Waals surface area (Å²) < 4.78 is 10.1. The van der Waals surface area contributed by atoms with Crippen molar-refractivity contribution in [1.29, 1.82) is 0 Å². The molecule has 1 aliphatic rings. The number of carbonyl (C=O) groups excluding carboxylic acids is 2. The van der Waals surface area contributed by atoms with E-state index in [0.717, 1.165) is 5.76 Å². The molecule has 1 unspecified atom stereocenters. The van der Waals surface area contributed by atoms with Gasteiger partial charge in [0.25, 0.3) is 0 Å². The van der Waals surface area contributed by atoms with E-state index in [1.54, 1.807) is 19.1 Å². The van der Waals surface area contributed by atoms with E-state index in [9.17, 15) is 9.59 Å². The van der Waals surface area contributed by atoms with Crippen LogP contribution >= 0.6 is 0 Å². The molecule has 5 heteroatoms. The van der Waals surface area contributed by atoms with Gasteiger partial charge in [-0.2, -0.15) is 0 Å². The van der Waals surface area contributed by atoms with Crippen LogP contribution in [0.4, 0.5) is 0 Å². The molecule has 0 spiro atoms. The Hall–Kier alpha value is -2.04. The van der Waals surface area contributed by atoms with Crippen molar-refractivity contribution >= 4 is 18.0 Å². The molecule has 18 heavy (non-hydrogen) atoms. The number of hydrogen-bond acceptors (Lipinski definition) is 4. The third kappa shape index (κ3) is 2.61. The number of carbonyl (C=O) groups is 2. The van der Waals surface area contributed by atoms with Gasteiger partial charge in [-0.05, 0) is 32.1 Å². The van der Waals surface area contributed by atoms with Gasteiger partial charge in [0.05, 0.1) is 6.61 Å². The molecule has 1 fully saturated rings.